The molecular weight excluding hydrogens is 281 g/mol. The zero-order valence-electron chi connectivity index (χ0n) is 11.7. The molecule has 3 rings (SSSR count). The Balaban J connectivity index is 1.80. The van der Waals surface area contributed by atoms with Crippen molar-refractivity contribution in [3.05, 3.63) is 29.6 Å². The van der Waals surface area contributed by atoms with Gasteiger partial charge in [-0.1, -0.05) is 0 Å². The number of nitrogens with zero attached hydrogens (tertiary/aromatic N) is 2. The number of Topliss-reactive ketones (excluding diaryl/α,β-unsaturated/α-hetero) is 1. The summed E-state index contributed by atoms with van der Waals surface area (Å²) in [6.07, 6.45) is 0.221. The van der Waals surface area contributed by atoms with Crippen LogP contribution in [0, 0.1) is 5.92 Å². The van der Waals surface area contributed by atoms with Gasteiger partial charge >= 0.3 is 6.18 Å². The van der Waals surface area contributed by atoms with Crippen LogP contribution < -0.4 is 0 Å². The fourth-order valence-electron chi connectivity index (χ4n) is 3.58. The van der Waals surface area contributed by atoms with Gasteiger partial charge < -0.3 is 4.90 Å². The highest BCUT2D eigenvalue weighted by Gasteiger charge is 2.41. The lowest BCUT2D eigenvalue weighted by molar-refractivity contribution is -0.137. The summed E-state index contributed by atoms with van der Waals surface area (Å²) in [5.74, 6) is -0.444. The molecule has 0 N–H and O–H groups in total. The molecule has 2 bridgehead atoms. The van der Waals surface area contributed by atoms with Crippen molar-refractivity contribution in [1.29, 1.82) is 0 Å². The molecule has 2 saturated heterocycles. The van der Waals surface area contributed by atoms with Crippen LogP contribution in [0.15, 0.2) is 18.3 Å². The van der Waals surface area contributed by atoms with Crippen molar-refractivity contribution < 1.29 is 18.0 Å². The molecule has 0 saturated carbocycles. The molecule has 2 atom stereocenters. The predicted octanol–water partition coefficient (Wildman–Crippen LogP) is 3.16. The number of pyridine rings is 1. The number of carbonyl (C=O) groups is 1. The first-order valence-electron chi connectivity index (χ1n) is 7.15. The molecule has 2 fully saturated rings. The molecule has 21 heavy (non-hydrogen) atoms. The molecule has 0 radical (unpaired) electrons. The van der Waals surface area contributed by atoms with Crippen LogP contribution in [0.25, 0.3) is 0 Å². The van der Waals surface area contributed by atoms with E-state index in [4.69, 9.17) is 0 Å². The van der Waals surface area contributed by atoms with Crippen LogP contribution in [0.4, 0.5) is 13.2 Å². The van der Waals surface area contributed by atoms with Gasteiger partial charge in [0.15, 0.2) is 5.78 Å². The second-order valence-corrected chi connectivity index (χ2v) is 6.01. The minimum atomic E-state index is -4.44. The standard InChI is InChI=1S/C15H17F3N2O/c1-20-11-2-3-12(20)7-9(6-11)14(21)13-8-10(4-5-19-13)15(16,17)18/h4-5,8-9,11-12H,2-3,6-7H2,1H3. The molecule has 2 aliphatic rings. The lowest BCUT2D eigenvalue weighted by Crippen LogP contribution is -2.42. The molecule has 0 aromatic carbocycles. The molecule has 6 heteroatoms. The Morgan fingerprint density at radius 1 is 1.29 bits per heavy atom. The number of hydrogen-bond acceptors (Lipinski definition) is 3. The van der Waals surface area contributed by atoms with Gasteiger partial charge in [-0.3, -0.25) is 9.78 Å². The van der Waals surface area contributed by atoms with Crippen molar-refractivity contribution in [2.75, 3.05) is 7.05 Å². The lowest BCUT2D eigenvalue weighted by Gasteiger charge is -2.35. The Labute approximate surface area is 121 Å². The number of alkyl halides is 3. The Morgan fingerprint density at radius 2 is 1.90 bits per heavy atom. The average molecular weight is 298 g/mol. The Bertz CT molecular complexity index is 544. The van der Waals surface area contributed by atoms with E-state index in [0.717, 1.165) is 44.0 Å². The van der Waals surface area contributed by atoms with Gasteiger partial charge in [-0.25, -0.2) is 0 Å². The number of ketones is 1. The maximum absolute atomic E-state index is 12.7. The number of carbonyl (C=O) groups excluding carboxylic acids is 1. The summed E-state index contributed by atoms with van der Waals surface area (Å²) in [4.78, 5) is 18.6. The average Bonchev–Trinajstić information content (AvgIpc) is 2.66. The van der Waals surface area contributed by atoms with Gasteiger partial charge in [0.2, 0.25) is 0 Å². The number of hydrogen-bond donors (Lipinski definition) is 0. The first-order valence-corrected chi connectivity index (χ1v) is 7.15. The van der Waals surface area contributed by atoms with Gasteiger partial charge in [0.1, 0.15) is 5.69 Å². The third-order valence-corrected chi connectivity index (χ3v) is 4.81. The SMILES string of the molecule is CN1C2CCC1CC(C(=O)c1cc(C(F)(F)F)ccn1)C2. The van der Waals surface area contributed by atoms with E-state index in [-0.39, 0.29) is 17.4 Å². The quantitative estimate of drug-likeness (QED) is 0.786. The van der Waals surface area contributed by atoms with Gasteiger partial charge in [0, 0.05) is 24.2 Å². The Hall–Kier alpha value is -1.43. The van der Waals surface area contributed by atoms with Crippen molar-refractivity contribution in [2.24, 2.45) is 5.92 Å². The van der Waals surface area contributed by atoms with Crippen LogP contribution in [0.2, 0.25) is 0 Å². The molecule has 0 amide bonds. The minimum absolute atomic E-state index is 0.0567. The fourth-order valence-corrected chi connectivity index (χ4v) is 3.58. The summed E-state index contributed by atoms with van der Waals surface area (Å²) in [5, 5.41) is 0. The van der Waals surface area contributed by atoms with E-state index in [1.165, 1.54) is 0 Å². The number of piperidine rings is 1. The summed E-state index contributed by atoms with van der Waals surface area (Å²) in [7, 11) is 2.06. The highest BCUT2D eigenvalue weighted by Crippen LogP contribution is 2.38. The fraction of sp³-hybridized carbons (Fsp3) is 0.600. The number of halogens is 3. The first-order chi connectivity index (χ1) is 9.86. The zero-order valence-corrected chi connectivity index (χ0v) is 11.7. The van der Waals surface area contributed by atoms with Crippen molar-refractivity contribution in [3.63, 3.8) is 0 Å². The van der Waals surface area contributed by atoms with E-state index in [9.17, 15) is 18.0 Å². The van der Waals surface area contributed by atoms with Gasteiger partial charge in [-0.05, 0) is 44.9 Å². The van der Waals surface area contributed by atoms with Crippen LogP contribution in [0.5, 0.6) is 0 Å². The van der Waals surface area contributed by atoms with E-state index in [2.05, 4.69) is 16.9 Å². The maximum atomic E-state index is 12.7. The normalized spacial score (nSPS) is 29.6. The van der Waals surface area contributed by atoms with Crippen molar-refractivity contribution in [2.45, 2.75) is 43.9 Å². The third-order valence-electron chi connectivity index (χ3n) is 4.81. The molecule has 1 aromatic heterocycles. The summed E-state index contributed by atoms with van der Waals surface area (Å²) in [6.45, 7) is 0. The Kier molecular flexibility index (Phi) is 3.51. The monoisotopic (exact) mass is 298 g/mol. The largest absolute Gasteiger partial charge is 0.416 e. The van der Waals surface area contributed by atoms with Crippen LogP contribution >= 0.6 is 0 Å². The van der Waals surface area contributed by atoms with Crippen LogP contribution in [-0.4, -0.2) is 34.8 Å². The smallest absolute Gasteiger partial charge is 0.300 e. The molecule has 2 unspecified atom stereocenters. The van der Waals surface area contributed by atoms with E-state index >= 15 is 0 Å². The molecular formula is C15H17F3N2O. The van der Waals surface area contributed by atoms with Gasteiger partial charge in [0.25, 0.3) is 0 Å². The zero-order chi connectivity index (χ0) is 15.2. The molecule has 114 valence electrons. The summed E-state index contributed by atoms with van der Waals surface area (Å²) in [6, 6.07) is 2.53. The molecule has 0 aliphatic carbocycles. The van der Waals surface area contributed by atoms with Crippen LogP contribution in [0.1, 0.15) is 41.7 Å². The Morgan fingerprint density at radius 3 is 2.48 bits per heavy atom. The molecule has 3 heterocycles. The lowest BCUT2D eigenvalue weighted by atomic mass is 9.86. The highest BCUT2D eigenvalue weighted by atomic mass is 19.4. The number of fused-ring (bicyclic) bond motifs is 2. The van der Waals surface area contributed by atoms with Crippen molar-refractivity contribution in [1.82, 2.24) is 9.88 Å². The summed E-state index contributed by atoms with van der Waals surface area (Å²) >= 11 is 0. The maximum Gasteiger partial charge on any atom is 0.416 e. The van der Waals surface area contributed by atoms with Gasteiger partial charge in [0.05, 0.1) is 5.56 Å². The third kappa shape index (κ3) is 2.69. The minimum Gasteiger partial charge on any atom is -0.300 e. The van der Waals surface area contributed by atoms with Crippen LogP contribution in [0.3, 0.4) is 0 Å². The summed E-state index contributed by atoms with van der Waals surface area (Å²) in [5.41, 5.74) is -0.865. The molecule has 1 aromatic rings. The van der Waals surface area contributed by atoms with Gasteiger partial charge in [-0.2, -0.15) is 13.2 Å². The second kappa shape index (κ2) is 5.09. The molecule has 0 spiro atoms. The van der Waals surface area contributed by atoms with Crippen LogP contribution in [-0.2, 0) is 6.18 Å². The second-order valence-electron chi connectivity index (χ2n) is 6.01. The van der Waals surface area contributed by atoms with E-state index < -0.39 is 11.7 Å². The molecule has 3 nitrogen and oxygen atoms in total. The highest BCUT2D eigenvalue weighted by molar-refractivity contribution is 5.96. The van der Waals surface area contributed by atoms with E-state index in [0.29, 0.717) is 12.1 Å². The number of rotatable bonds is 2. The van der Waals surface area contributed by atoms with Crippen molar-refractivity contribution in [3.8, 4) is 0 Å². The molecule has 2 aliphatic heterocycles. The summed E-state index contributed by atoms with van der Waals surface area (Å²) < 4.78 is 38.1. The topological polar surface area (TPSA) is 33.2 Å². The number of aromatic nitrogens is 1. The first kappa shape index (κ1) is 14.5. The predicted molar refractivity (Wildman–Crippen MR) is 70.9 cm³/mol. The van der Waals surface area contributed by atoms with E-state index in [1.807, 2.05) is 0 Å². The van der Waals surface area contributed by atoms with Crippen molar-refractivity contribution >= 4 is 5.78 Å². The van der Waals surface area contributed by atoms with Gasteiger partial charge in [-0.15, -0.1) is 0 Å². The van der Waals surface area contributed by atoms with E-state index in [1.54, 1.807) is 0 Å².